The molecule has 1 fully saturated rings. The lowest BCUT2D eigenvalue weighted by Gasteiger charge is -2.26. The van der Waals surface area contributed by atoms with Crippen molar-refractivity contribution < 1.29 is 9.90 Å². The largest absolute Gasteiger partial charge is 0.481 e. The number of carboxylic acids is 1. The molecule has 0 amide bonds. The zero-order valence-corrected chi connectivity index (χ0v) is 9.09. The molecule has 1 unspecified atom stereocenters. The first-order chi connectivity index (χ1) is 7.79. The van der Waals surface area contributed by atoms with Crippen LogP contribution in [-0.4, -0.2) is 21.0 Å². The maximum absolute atomic E-state index is 11.3. The Kier molecular flexibility index (Phi) is 3.49. The molecule has 1 aliphatic carbocycles. The highest BCUT2D eigenvalue weighted by molar-refractivity contribution is 5.75. The Morgan fingerprint density at radius 1 is 1.44 bits per heavy atom. The Morgan fingerprint density at radius 2 is 2.19 bits per heavy atom. The summed E-state index contributed by atoms with van der Waals surface area (Å²) in [6, 6.07) is 1.68. The van der Waals surface area contributed by atoms with Gasteiger partial charge >= 0.3 is 5.97 Å². The third kappa shape index (κ3) is 2.38. The molecule has 16 heavy (non-hydrogen) atoms. The minimum atomic E-state index is -0.779. The fourth-order valence-corrected chi connectivity index (χ4v) is 2.48. The maximum atomic E-state index is 11.3. The lowest BCUT2D eigenvalue weighted by Crippen LogP contribution is -2.24. The van der Waals surface area contributed by atoms with Crippen LogP contribution in [-0.2, 0) is 4.79 Å². The summed E-state index contributed by atoms with van der Waals surface area (Å²) >= 11 is 0. The number of hydrogen-bond acceptors (Lipinski definition) is 3. The normalized spacial score (nSPS) is 19.2. The molecule has 1 atom stereocenters. The zero-order chi connectivity index (χ0) is 11.4. The molecule has 2 rings (SSSR count). The van der Waals surface area contributed by atoms with Gasteiger partial charge in [0.25, 0.3) is 0 Å². The Labute approximate surface area is 94.7 Å². The van der Waals surface area contributed by atoms with Crippen LogP contribution in [0.5, 0.6) is 0 Å². The predicted octanol–water partition coefficient (Wildman–Crippen LogP) is 2.03. The van der Waals surface area contributed by atoms with Gasteiger partial charge in [-0.05, 0) is 24.8 Å². The molecule has 85 valence electrons. The Hall–Kier alpha value is -1.45. The molecule has 0 saturated heterocycles. The molecule has 0 aromatic carbocycles. The van der Waals surface area contributed by atoms with E-state index in [1.807, 2.05) is 0 Å². The predicted molar refractivity (Wildman–Crippen MR) is 57.8 cm³/mol. The second-order valence-electron chi connectivity index (χ2n) is 4.30. The maximum Gasteiger partial charge on any atom is 0.312 e. The van der Waals surface area contributed by atoms with Crippen molar-refractivity contribution in [3.05, 3.63) is 24.3 Å². The van der Waals surface area contributed by atoms with Crippen LogP contribution in [0.4, 0.5) is 0 Å². The smallest absolute Gasteiger partial charge is 0.312 e. The van der Waals surface area contributed by atoms with Crippen molar-refractivity contribution in [2.45, 2.75) is 38.0 Å². The van der Waals surface area contributed by atoms with Gasteiger partial charge in [0.1, 0.15) is 5.92 Å². The molecule has 1 N–H and O–H groups in total. The first-order valence-corrected chi connectivity index (χ1v) is 5.71. The molecule has 1 aromatic heterocycles. The summed E-state index contributed by atoms with van der Waals surface area (Å²) < 4.78 is 0. The van der Waals surface area contributed by atoms with E-state index in [9.17, 15) is 9.90 Å². The quantitative estimate of drug-likeness (QED) is 0.844. The highest BCUT2D eigenvalue weighted by Gasteiger charge is 2.31. The molecule has 1 saturated carbocycles. The van der Waals surface area contributed by atoms with Crippen LogP contribution in [0.1, 0.15) is 43.7 Å². The summed E-state index contributed by atoms with van der Waals surface area (Å²) in [5.74, 6) is -1.05. The van der Waals surface area contributed by atoms with E-state index in [0.717, 1.165) is 25.7 Å². The van der Waals surface area contributed by atoms with Crippen LogP contribution < -0.4 is 0 Å². The number of nitrogens with zero attached hydrogens (tertiary/aromatic N) is 2. The lowest BCUT2D eigenvalue weighted by molar-refractivity contribution is -0.140. The van der Waals surface area contributed by atoms with Crippen molar-refractivity contribution in [2.24, 2.45) is 5.92 Å². The number of aromatic nitrogens is 2. The summed E-state index contributed by atoms with van der Waals surface area (Å²) in [5.41, 5.74) is 0.592. The zero-order valence-electron chi connectivity index (χ0n) is 9.09. The van der Waals surface area contributed by atoms with E-state index < -0.39 is 11.9 Å². The van der Waals surface area contributed by atoms with Crippen molar-refractivity contribution in [3.63, 3.8) is 0 Å². The first-order valence-electron chi connectivity index (χ1n) is 5.71. The molecular formula is C12H15N2O2. The standard InChI is InChI=1S/C12H15N2O2/c15-12(16)11(9-4-2-1-3-5-9)10-6-7-13-8-14-10/h6-7,9,11H,1-5H2,(H,15,16). The molecule has 1 radical (unpaired) electrons. The van der Waals surface area contributed by atoms with Gasteiger partial charge in [0, 0.05) is 6.20 Å². The fraction of sp³-hybridized carbons (Fsp3) is 0.583. The highest BCUT2D eigenvalue weighted by atomic mass is 16.4. The molecule has 0 aliphatic heterocycles. The van der Waals surface area contributed by atoms with E-state index in [4.69, 9.17) is 0 Å². The average molecular weight is 219 g/mol. The third-order valence-electron chi connectivity index (χ3n) is 3.26. The van der Waals surface area contributed by atoms with Gasteiger partial charge in [-0.15, -0.1) is 0 Å². The Bertz CT molecular complexity index is 347. The highest BCUT2D eigenvalue weighted by Crippen LogP contribution is 2.35. The van der Waals surface area contributed by atoms with E-state index in [1.54, 1.807) is 12.3 Å². The van der Waals surface area contributed by atoms with Crippen LogP contribution in [0.3, 0.4) is 0 Å². The van der Waals surface area contributed by atoms with Crippen molar-refractivity contribution in [1.29, 1.82) is 0 Å². The molecule has 0 spiro atoms. The number of aliphatic carboxylic acids is 1. The SMILES string of the molecule is O=C(O)C(c1ccn[c]n1)C1CCCCC1. The third-order valence-corrected chi connectivity index (χ3v) is 3.26. The van der Waals surface area contributed by atoms with Gasteiger partial charge in [-0.3, -0.25) is 4.79 Å². The first kappa shape index (κ1) is 11.0. The second kappa shape index (κ2) is 5.05. The summed E-state index contributed by atoms with van der Waals surface area (Å²) in [5, 5.41) is 9.30. The van der Waals surface area contributed by atoms with Gasteiger partial charge in [-0.2, -0.15) is 0 Å². The van der Waals surface area contributed by atoms with E-state index in [1.165, 1.54) is 6.42 Å². The van der Waals surface area contributed by atoms with E-state index in [2.05, 4.69) is 16.3 Å². The van der Waals surface area contributed by atoms with Crippen LogP contribution >= 0.6 is 0 Å². The van der Waals surface area contributed by atoms with E-state index >= 15 is 0 Å². The molecular weight excluding hydrogens is 204 g/mol. The Balaban J connectivity index is 2.20. The monoisotopic (exact) mass is 219 g/mol. The summed E-state index contributed by atoms with van der Waals surface area (Å²) in [7, 11) is 0. The fourth-order valence-electron chi connectivity index (χ4n) is 2.48. The Morgan fingerprint density at radius 3 is 2.75 bits per heavy atom. The van der Waals surface area contributed by atoms with Gasteiger partial charge in [0.15, 0.2) is 6.33 Å². The van der Waals surface area contributed by atoms with Gasteiger partial charge in [-0.1, -0.05) is 19.3 Å². The van der Waals surface area contributed by atoms with Crippen molar-refractivity contribution in [1.82, 2.24) is 9.97 Å². The van der Waals surface area contributed by atoms with Crippen LogP contribution in [0.2, 0.25) is 0 Å². The molecule has 1 aromatic rings. The van der Waals surface area contributed by atoms with Crippen LogP contribution in [0.15, 0.2) is 12.3 Å². The minimum absolute atomic E-state index is 0.217. The molecule has 0 bridgehead atoms. The van der Waals surface area contributed by atoms with Crippen LogP contribution in [0.25, 0.3) is 0 Å². The molecule has 1 heterocycles. The van der Waals surface area contributed by atoms with E-state index in [-0.39, 0.29) is 5.92 Å². The van der Waals surface area contributed by atoms with Crippen molar-refractivity contribution in [2.75, 3.05) is 0 Å². The number of rotatable bonds is 3. The minimum Gasteiger partial charge on any atom is -0.481 e. The summed E-state index contributed by atoms with van der Waals surface area (Å²) in [6.45, 7) is 0. The van der Waals surface area contributed by atoms with E-state index in [0.29, 0.717) is 5.69 Å². The van der Waals surface area contributed by atoms with Crippen LogP contribution in [0, 0.1) is 12.2 Å². The van der Waals surface area contributed by atoms with Gasteiger partial charge in [0.05, 0.1) is 5.69 Å². The number of hydrogen-bond donors (Lipinski definition) is 1. The summed E-state index contributed by atoms with van der Waals surface area (Å²) in [4.78, 5) is 19.0. The van der Waals surface area contributed by atoms with Gasteiger partial charge < -0.3 is 5.11 Å². The van der Waals surface area contributed by atoms with Gasteiger partial charge in [-0.25, -0.2) is 9.97 Å². The number of carboxylic acid groups (broad SMARTS) is 1. The number of carbonyl (C=O) groups is 1. The molecule has 4 heteroatoms. The van der Waals surface area contributed by atoms with Crippen molar-refractivity contribution in [3.8, 4) is 0 Å². The topological polar surface area (TPSA) is 63.1 Å². The molecule has 1 aliphatic rings. The van der Waals surface area contributed by atoms with Gasteiger partial charge in [0.2, 0.25) is 0 Å². The summed E-state index contributed by atoms with van der Waals surface area (Å²) in [6.07, 6.45) is 9.48. The lowest BCUT2D eigenvalue weighted by atomic mass is 9.78. The second-order valence-corrected chi connectivity index (χ2v) is 4.30. The molecule has 4 nitrogen and oxygen atoms in total. The van der Waals surface area contributed by atoms with Crippen molar-refractivity contribution >= 4 is 5.97 Å². The average Bonchev–Trinajstić information content (AvgIpc) is 2.31.